The maximum absolute atomic E-state index is 13.6. The van der Waals surface area contributed by atoms with Crippen molar-refractivity contribution in [2.75, 3.05) is 44.3 Å². The Morgan fingerprint density at radius 2 is 1.97 bits per heavy atom. The Kier molecular flexibility index (Phi) is 6.46. The van der Waals surface area contributed by atoms with Crippen molar-refractivity contribution in [1.29, 1.82) is 0 Å². The van der Waals surface area contributed by atoms with Gasteiger partial charge in [0.05, 0.1) is 36.5 Å². The van der Waals surface area contributed by atoms with Crippen LogP contribution in [0.15, 0.2) is 36.4 Å². The predicted octanol–water partition coefficient (Wildman–Crippen LogP) is 3.04. The van der Waals surface area contributed by atoms with Gasteiger partial charge in [-0.3, -0.25) is 9.69 Å². The Morgan fingerprint density at radius 3 is 2.70 bits per heavy atom. The second-order valence-corrected chi connectivity index (χ2v) is 8.99. The molecule has 1 aromatic heterocycles. The second kappa shape index (κ2) is 9.25. The van der Waals surface area contributed by atoms with Crippen LogP contribution in [-0.4, -0.2) is 50.3 Å². The lowest BCUT2D eigenvalue weighted by Gasteiger charge is -2.27. The van der Waals surface area contributed by atoms with Crippen LogP contribution in [0.3, 0.4) is 0 Å². The summed E-state index contributed by atoms with van der Waals surface area (Å²) in [5, 5.41) is 0.793. The molecule has 5 nitrogen and oxygen atoms in total. The number of benzene rings is 2. The molecule has 0 spiro atoms. The summed E-state index contributed by atoms with van der Waals surface area (Å²) in [7, 11) is 0. The molecular weight excluding hydrogens is 394 g/mol. The number of fused-ring (bicyclic) bond motifs is 1. The highest BCUT2D eigenvalue weighted by atomic mass is 32.1. The molecule has 0 unspecified atom stereocenters. The summed E-state index contributed by atoms with van der Waals surface area (Å²) in [5.41, 5.74) is 5.31. The molecule has 6 heteroatoms. The number of aryl methyl sites for hydroxylation is 3. The number of hydrogen-bond donors (Lipinski definition) is 1. The van der Waals surface area contributed by atoms with E-state index >= 15 is 0 Å². The van der Waals surface area contributed by atoms with Gasteiger partial charge in [0.25, 0.3) is 5.91 Å². The number of para-hydroxylation sites is 1. The third kappa shape index (κ3) is 4.41. The lowest BCUT2D eigenvalue weighted by molar-refractivity contribution is -0.906. The third-order valence-electron chi connectivity index (χ3n) is 5.99. The third-order valence-corrected chi connectivity index (χ3v) is 7.03. The van der Waals surface area contributed by atoms with Crippen molar-refractivity contribution in [2.45, 2.75) is 27.2 Å². The number of carbonyl (C=O) groups is 1. The number of anilines is 1. The van der Waals surface area contributed by atoms with E-state index in [4.69, 9.17) is 9.72 Å². The molecule has 0 radical (unpaired) electrons. The highest BCUT2D eigenvalue weighted by molar-refractivity contribution is 7.22. The molecule has 1 N–H and O–H groups in total. The van der Waals surface area contributed by atoms with Crippen LogP contribution >= 0.6 is 11.3 Å². The maximum atomic E-state index is 13.6. The van der Waals surface area contributed by atoms with Crippen molar-refractivity contribution in [3.05, 3.63) is 58.7 Å². The Morgan fingerprint density at radius 1 is 1.17 bits per heavy atom. The van der Waals surface area contributed by atoms with Crippen molar-refractivity contribution in [2.24, 2.45) is 0 Å². The number of morpholine rings is 1. The highest BCUT2D eigenvalue weighted by Gasteiger charge is 2.24. The van der Waals surface area contributed by atoms with E-state index in [1.54, 1.807) is 11.3 Å². The number of thiazole rings is 1. The van der Waals surface area contributed by atoms with Crippen molar-refractivity contribution in [3.8, 4) is 0 Å². The van der Waals surface area contributed by atoms with Gasteiger partial charge < -0.3 is 9.64 Å². The summed E-state index contributed by atoms with van der Waals surface area (Å²) < 4.78 is 6.63. The molecule has 3 aromatic rings. The van der Waals surface area contributed by atoms with E-state index < -0.39 is 0 Å². The second-order valence-electron chi connectivity index (χ2n) is 7.98. The number of nitrogens with one attached hydrogen (secondary N) is 1. The Hall–Kier alpha value is -2.28. The Balaban J connectivity index is 1.67. The summed E-state index contributed by atoms with van der Waals surface area (Å²) >= 11 is 1.61. The number of hydrogen-bond acceptors (Lipinski definition) is 4. The zero-order chi connectivity index (χ0) is 21.1. The molecule has 30 heavy (non-hydrogen) atoms. The van der Waals surface area contributed by atoms with Crippen LogP contribution < -0.4 is 9.80 Å². The molecule has 1 aliphatic rings. The first-order chi connectivity index (χ1) is 14.6. The molecule has 1 amide bonds. The monoisotopic (exact) mass is 424 g/mol. The molecule has 158 valence electrons. The van der Waals surface area contributed by atoms with Crippen LogP contribution in [0.25, 0.3) is 10.2 Å². The van der Waals surface area contributed by atoms with Gasteiger partial charge in [-0.2, -0.15) is 0 Å². The van der Waals surface area contributed by atoms with Crippen molar-refractivity contribution >= 4 is 32.6 Å². The predicted molar refractivity (Wildman–Crippen MR) is 123 cm³/mol. The normalized spacial score (nSPS) is 14.9. The average Bonchev–Trinajstić information content (AvgIpc) is 3.20. The smallest absolute Gasteiger partial charge is 0.260 e. The van der Waals surface area contributed by atoms with Gasteiger partial charge in [-0.25, -0.2) is 4.98 Å². The number of ether oxygens (including phenoxy) is 1. The quantitative estimate of drug-likeness (QED) is 0.662. The van der Waals surface area contributed by atoms with Crippen LogP contribution in [0.2, 0.25) is 0 Å². The zero-order valence-corrected chi connectivity index (χ0v) is 18.8. The SMILES string of the molecule is CCc1cccc2sc(N(CC[NH+]3CCOCC3)C(=O)c3ccc(C)c(C)c3)nc12. The van der Waals surface area contributed by atoms with Gasteiger partial charge in [-0.15, -0.1) is 0 Å². The number of rotatable bonds is 6. The van der Waals surface area contributed by atoms with Crippen LogP contribution in [0.4, 0.5) is 5.13 Å². The number of nitrogens with zero attached hydrogens (tertiary/aromatic N) is 2. The topological polar surface area (TPSA) is 46.9 Å². The minimum absolute atomic E-state index is 0.0304. The van der Waals surface area contributed by atoms with Crippen LogP contribution in [0, 0.1) is 13.8 Å². The van der Waals surface area contributed by atoms with E-state index in [1.807, 2.05) is 23.1 Å². The molecule has 2 heterocycles. The first-order valence-corrected chi connectivity index (χ1v) is 11.6. The van der Waals surface area contributed by atoms with Gasteiger partial charge in [0, 0.05) is 5.56 Å². The van der Waals surface area contributed by atoms with Crippen molar-refractivity contribution < 1.29 is 14.4 Å². The van der Waals surface area contributed by atoms with E-state index in [2.05, 4.69) is 39.0 Å². The fraction of sp³-hybridized carbons (Fsp3) is 0.417. The minimum atomic E-state index is 0.0304. The molecule has 4 rings (SSSR count). The molecule has 2 aromatic carbocycles. The van der Waals surface area contributed by atoms with Gasteiger partial charge in [0.2, 0.25) is 0 Å². The van der Waals surface area contributed by atoms with E-state index in [0.717, 1.165) is 65.7 Å². The van der Waals surface area contributed by atoms with E-state index in [9.17, 15) is 4.79 Å². The lowest BCUT2D eigenvalue weighted by atomic mass is 10.1. The summed E-state index contributed by atoms with van der Waals surface area (Å²) in [5.74, 6) is 0.0304. The number of aromatic nitrogens is 1. The van der Waals surface area contributed by atoms with Crippen LogP contribution in [0.1, 0.15) is 34.0 Å². The van der Waals surface area contributed by atoms with Gasteiger partial charge >= 0.3 is 0 Å². The maximum Gasteiger partial charge on any atom is 0.260 e. The van der Waals surface area contributed by atoms with Crippen LogP contribution in [-0.2, 0) is 11.2 Å². The summed E-state index contributed by atoms with van der Waals surface area (Å²) in [6, 6.07) is 12.3. The van der Waals surface area contributed by atoms with Crippen LogP contribution in [0.5, 0.6) is 0 Å². The highest BCUT2D eigenvalue weighted by Crippen LogP contribution is 2.31. The van der Waals surface area contributed by atoms with Gasteiger partial charge in [-0.1, -0.05) is 36.5 Å². The Bertz CT molecular complexity index is 1040. The van der Waals surface area contributed by atoms with Gasteiger partial charge in [-0.05, 0) is 55.2 Å². The summed E-state index contributed by atoms with van der Waals surface area (Å²) in [4.78, 5) is 21.9. The molecule has 1 aliphatic heterocycles. The van der Waals surface area contributed by atoms with Gasteiger partial charge in [0.1, 0.15) is 13.1 Å². The molecular formula is C24H30N3O2S+. The molecule has 0 saturated carbocycles. The first-order valence-electron chi connectivity index (χ1n) is 10.8. The summed E-state index contributed by atoms with van der Waals surface area (Å²) in [6.07, 6.45) is 0.934. The number of amides is 1. The first kappa shape index (κ1) is 21.0. The molecule has 0 bridgehead atoms. The minimum Gasteiger partial charge on any atom is -0.370 e. The average molecular weight is 425 g/mol. The molecule has 1 fully saturated rings. The zero-order valence-electron chi connectivity index (χ0n) is 18.0. The summed E-state index contributed by atoms with van der Waals surface area (Å²) in [6.45, 7) is 11.4. The fourth-order valence-electron chi connectivity index (χ4n) is 3.89. The van der Waals surface area contributed by atoms with E-state index in [1.165, 1.54) is 16.0 Å². The number of carbonyl (C=O) groups excluding carboxylic acids is 1. The fourth-order valence-corrected chi connectivity index (χ4v) is 4.93. The molecule has 1 saturated heterocycles. The van der Waals surface area contributed by atoms with E-state index in [-0.39, 0.29) is 5.91 Å². The largest absolute Gasteiger partial charge is 0.370 e. The number of quaternary nitrogens is 1. The van der Waals surface area contributed by atoms with Crippen molar-refractivity contribution in [1.82, 2.24) is 4.98 Å². The lowest BCUT2D eigenvalue weighted by Crippen LogP contribution is -3.14. The van der Waals surface area contributed by atoms with E-state index in [0.29, 0.717) is 6.54 Å². The Labute approximate surface area is 182 Å². The molecule has 0 aliphatic carbocycles. The van der Waals surface area contributed by atoms with Crippen molar-refractivity contribution in [3.63, 3.8) is 0 Å². The molecule has 0 atom stereocenters. The van der Waals surface area contributed by atoms with Gasteiger partial charge in [0.15, 0.2) is 5.13 Å². The standard InChI is InChI=1S/C24H29N3O2S/c1-4-19-6-5-7-21-22(19)25-24(30-21)27(11-10-26-12-14-29-15-13-26)23(28)20-9-8-17(2)18(3)16-20/h5-9,16H,4,10-15H2,1-3H3/p+1.